The molecule has 1 aromatic heterocycles. The van der Waals surface area contributed by atoms with E-state index < -0.39 is 0 Å². The Kier molecular flexibility index (Phi) is 4.06. The Morgan fingerprint density at radius 1 is 1.38 bits per heavy atom. The minimum Gasteiger partial charge on any atom is -0.394 e. The fourth-order valence-electron chi connectivity index (χ4n) is 2.46. The van der Waals surface area contributed by atoms with Crippen LogP contribution in [0.3, 0.4) is 0 Å². The van der Waals surface area contributed by atoms with Gasteiger partial charge in [-0.05, 0) is 49.9 Å². The molecule has 1 aliphatic rings. The molecule has 0 saturated heterocycles. The molecule has 112 valence electrons. The Bertz CT molecular complexity index is 609. The van der Waals surface area contributed by atoms with E-state index in [1.54, 1.807) is 23.5 Å². The number of halogens is 1. The van der Waals surface area contributed by atoms with E-state index in [0.717, 1.165) is 16.3 Å². The largest absolute Gasteiger partial charge is 0.394 e. The van der Waals surface area contributed by atoms with Crippen LogP contribution in [0.4, 0.5) is 4.39 Å². The molecule has 1 saturated carbocycles. The van der Waals surface area contributed by atoms with Gasteiger partial charge in [-0.1, -0.05) is 0 Å². The fraction of sp³-hybridized carbons (Fsp3) is 0.438. The Labute approximate surface area is 127 Å². The summed E-state index contributed by atoms with van der Waals surface area (Å²) in [6, 6.07) is 6.38. The summed E-state index contributed by atoms with van der Waals surface area (Å²) < 4.78 is 12.9. The number of thiazole rings is 1. The van der Waals surface area contributed by atoms with E-state index >= 15 is 0 Å². The Hall–Kier alpha value is -1.30. The summed E-state index contributed by atoms with van der Waals surface area (Å²) in [7, 11) is 0. The first kappa shape index (κ1) is 14.6. The molecule has 3 rings (SSSR count). The second-order valence-corrected chi connectivity index (χ2v) is 6.71. The quantitative estimate of drug-likeness (QED) is 0.861. The highest BCUT2D eigenvalue weighted by Gasteiger charge is 2.40. The molecule has 0 spiro atoms. The summed E-state index contributed by atoms with van der Waals surface area (Å²) in [5, 5.41) is 15.9. The number of hydrogen-bond donors (Lipinski definition) is 2. The van der Waals surface area contributed by atoms with Gasteiger partial charge in [0.15, 0.2) is 0 Å². The van der Waals surface area contributed by atoms with Crippen LogP contribution < -0.4 is 5.32 Å². The highest BCUT2D eigenvalue weighted by Crippen LogP contribution is 2.39. The van der Waals surface area contributed by atoms with Gasteiger partial charge >= 0.3 is 0 Å². The monoisotopic (exact) mass is 306 g/mol. The number of hydrogen-bond acceptors (Lipinski definition) is 4. The zero-order chi connectivity index (χ0) is 14.9. The van der Waals surface area contributed by atoms with E-state index in [0.29, 0.717) is 12.5 Å². The van der Waals surface area contributed by atoms with Gasteiger partial charge in [-0.2, -0.15) is 0 Å². The second-order valence-electron chi connectivity index (χ2n) is 5.85. The van der Waals surface area contributed by atoms with Crippen LogP contribution in [0, 0.1) is 11.7 Å². The number of aliphatic hydroxyl groups is 1. The zero-order valence-electron chi connectivity index (χ0n) is 12.0. The van der Waals surface area contributed by atoms with Gasteiger partial charge in [0.05, 0.1) is 12.3 Å². The molecule has 1 heterocycles. The van der Waals surface area contributed by atoms with Crippen molar-refractivity contribution in [3.8, 4) is 10.6 Å². The van der Waals surface area contributed by atoms with Crippen molar-refractivity contribution in [3.63, 3.8) is 0 Å². The molecule has 0 aliphatic heterocycles. The number of aromatic nitrogens is 1. The minimum absolute atomic E-state index is 0.145. The first-order valence-electron chi connectivity index (χ1n) is 7.17. The first-order chi connectivity index (χ1) is 10.1. The van der Waals surface area contributed by atoms with Crippen LogP contribution in [0.2, 0.25) is 0 Å². The maximum absolute atomic E-state index is 12.9. The van der Waals surface area contributed by atoms with Gasteiger partial charge in [0.1, 0.15) is 10.8 Å². The van der Waals surface area contributed by atoms with Crippen molar-refractivity contribution >= 4 is 11.3 Å². The van der Waals surface area contributed by atoms with Crippen molar-refractivity contribution in [3.05, 3.63) is 41.2 Å². The molecule has 1 aliphatic carbocycles. The summed E-state index contributed by atoms with van der Waals surface area (Å²) >= 11 is 1.55. The summed E-state index contributed by atoms with van der Waals surface area (Å²) in [5.41, 5.74) is 1.68. The first-order valence-corrected chi connectivity index (χ1v) is 8.05. The molecule has 2 N–H and O–H groups in total. The van der Waals surface area contributed by atoms with Crippen molar-refractivity contribution in [2.45, 2.75) is 31.8 Å². The molecule has 1 atom stereocenters. The van der Waals surface area contributed by atoms with Gasteiger partial charge in [0.25, 0.3) is 0 Å². The van der Waals surface area contributed by atoms with Crippen LogP contribution in [0.5, 0.6) is 0 Å². The third kappa shape index (κ3) is 3.31. The average Bonchev–Trinajstić information content (AvgIpc) is 3.25. The molecule has 0 amide bonds. The minimum atomic E-state index is -0.236. The Morgan fingerprint density at radius 3 is 2.71 bits per heavy atom. The maximum Gasteiger partial charge on any atom is 0.123 e. The highest BCUT2D eigenvalue weighted by molar-refractivity contribution is 7.13. The third-order valence-electron chi connectivity index (χ3n) is 4.12. The highest BCUT2D eigenvalue weighted by atomic mass is 32.1. The van der Waals surface area contributed by atoms with Crippen LogP contribution in [0.25, 0.3) is 10.6 Å². The number of nitrogens with zero attached hydrogens (tertiary/aromatic N) is 1. The van der Waals surface area contributed by atoms with E-state index in [1.807, 2.05) is 5.38 Å². The summed E-state index contributed by atoms with van der Waals surface area (Å²) in [6.07, 6.45) is 2.36. The van der Waals surface area contributed by atoms with Gasteiger partial charge in [-0.25, -0.2) is 9.37 Å². The fourth-order valence-corrected chi connectivity index (χ4v) is 3.28. The second kappa shape index (κ2) is 5.83. The number of rotatable bonds is 6. The predicted octanol–water partition coefficient (Wildman–Crippen LogP) is 3.20. The van der Waals surface area contributed by atoms with Gasteiger partial charge in [0.2, 0.25) is 0 Å². The van der Waals surface area contributed by atoms with Crippen LogP contribution in [-0.2, 0) is 6.54 Å². The van der Waals surface area contributed by atoms with E-state index in [4.69, 9.17) is 0 Å². The number of aliphatic hydroxyl groups excluding tert-OH is 1. The molecule has 1 aromatic carbocycles. The standard InChI is InChI=1S/C16H19FN2OS/c1-16(10-20,12-4-5-12)18-8-14-9-21-15(19-14)11-2-6-13(17)7-3-11/h2-3,6-7,9,12,18,20H,4-5,8,10H2,1H3. The molecule has 5 heteroatoms. The topological polar surface area (TPSA) is 45.1 Å². The van der Waals surface area contributed by atoms with E-state index in [1.165, 1.54) is 25.0 Å². The van der Waals surface area contributed by atoms with Crippen molar-refractivity contribution < 1.29 is 9.50 Å². The number of benzene rings is 1. The van der Waals surface area contributed by atoms with Gasteiger partial charge in [0, 0.05) is 23.0 Å². The van der Waals surface area contributed by atoms with Crippen molar-refractivity contribution in [2.24, 2.45) is 5.92 Å². The molecule has 1 unspecified atom stereocenters. The molecule has 21 heavy (non-hydrogen) atoms. The number of nitrogens with one attached hydrogen (secondary N) is 1. The normalized spacial score (nSPS) is 17.7. The third-order valence-corrected chi connectivity index (χ3v) is 5.06. The van der Waals surface area contributed by atoms with Crippen LogP contribution >= 0.6 is 11.3 Å². The van der Waals surface area contributed by atoms with Crippen molar-refractivity contribution in [2.75, 3.05) is 6.61 Å². The lowest BCUT2D eigenvalue weighted by Crippen LogP contribution is -2.47. The van der Waals surface area contributed by atoms with E-state index in [-0.39, 0.29) is 18.0 Å². The van der Waals surface area contributed by atoms with Crippen LogP contribution in [0.15, 0.2) is 29.6 Å². The van der Waals surface area contributed by atoms with Crippen LogP contribution in [0.1, 0.15) is 25.5 Å². The SMILES string of the molecule is CC(CO)(NCc1csc(-c2ccc(F)cc2)n1)C1CC1. The van der Waals surface area contributed by atoms with Crippen molar-refractivity contribution in [1.29, 1.82) is 0 Å². The smallest absolute Gasteiger partial charge is 0.123 e. The van der Waals surface area contributed by atoms with Gasteiger partial charge < -0.3 is 10.4 Å². The predicted molar refractivity (Wildman–Crippen MR) is 82.6 cm³/mol. The Balaban J connectivity index is 1.66. The summed E-state index contributed by atoms with van der Waals surface area (Å²) in [6.45, 7) is 2.86. The average molecular weight is 306 g/mol. The molecule has 2 aromatic rings. The zero-order valence-corrected chi connectivity index (χ0v) is 12.8. The molecular weight excluding hydrogens is 287 g/mol. The maximum atomic E-state index is 12.9. The van der Waals surface area contributed by atoms with Gasteiger partial charge in [-0.3, -0.25) is 0 Å². The summed E-state index contributed by atoms with van der Waals surface area (Å²) in [4.78, 5) is 4.58. The molecular formula is C16H19FN2OS. The molecule has 3 nitrogen and oxygen atoms in total. The molecule has 0 radical (unpaired) electrons. The lowest BCUT2D eigenvalue weighted by molar-refractivity contribution is 0.153. The molecule has 1 fully saturated rings. The van der Waals surface area contributed by atoms with Crippen LogP contribution in [-0.4, -0.2) is 22.2 Å². The van der Waals surface area contributed by atoms with E-state index in [9.17, 15) is 9.50 Å². The lowest BCUT2D eigenvalue weighted by atomic mass is 9.97. The lowest BCUT2D eigenvalue weighted by Gasteiger charge is -2.28. The van der Waals surface area contributed by atoms with E-state index in [2.05, 4.69) is 17.2 Å². The summed E-state index contributed by atoms with van der Waals surface area (Å²) in [5.74, 6) is 0.332. The van der Waals surface area contributed by atoms with Gasteiger partial charge in [-0.15, -0.1) is 11.3 Å². The Morgan fingerprint density at radius 2 is 2.10 bits per heavy atom. The van der Waals surface area contributed by atoms with Crippen molar-refractivity contribution in [1.82, 2.24) is 10.3 Å². The molecule has 0 bridgehead atoms.